The molecule has 0 radical (unpaired) electrons. The number of carboxylic acid groups (broad SMARTS) is 1. The lowest BCUT2D eigenvalue weighted by molar-refractivity contribution is -0.138. The van der Waals surface area contributed by atoms with Crippen molar-refractivity contribution in [2.75, 3.05) is 19.6 Å². The molecular weight excluding hydrogens is 264 g/mol. The second kappa shape index (κ2) is 8.14. The van der Waals surface area contributed by atoms with E-state index in [1.54, 1.807) is 0 Å². The van der Waals surface area contributed by atoms with E-state index < -0.39 is 5.97 Å². The SMILES string of the molecule is CC(C)CCNC1CC(CC(=O)O)CN(C2CCCC2)C1. The Bertz CT molecular complexity index is 327. The summed E-state index contributed by atoms with van der Waals surface area (Å²) in [5.74, 6) is 0.393. The van der Waals surface area contributed by atoms with Crippen LogP contribution in [-0.2, 0) is 4.79 Å². The van der Waals surface area contributed by atoms with Crippen LogP contribution in [0.1, 0.15) is 58.8 Å². The molecule has 2 aliphatic rings. The van der Waals surface area contributed by atoms with Crippen molar-refractivity contribution in [3.8, 4) is 0 Å². The van der Waals surface area contributed by atoms with Crippen molar-refractivity contribution in [2.24, 2.45) is 11.8 Å². The molecule has 1 aliphatic heterocycles. The van der Waals surface area contributed by atoms with Gasteiger partial charge in [-0.3, -0.25) is 9.69 Å². The number of rotatable bonds is 7. The Morgan fingerprint density at radius 3 is 2.62 bits per heavy atom. The van der Waals surface area contributed by atoms with Crippen molar-refractivity contribution in [3.05, 3.63) is 0 Å². The quantitative estimate of drug-likeness (QED) is 0.758. The number of carbonyl (C=O) groups is 1. The molecule has 4 nitrogen and oxygen atoms in total. The van der Waals surface area contributed by atoms with Crippen molar-refractivity contribution < 1.29 is 9.90 Å². The summed E-state index contributed by atoms with van der Waals surface area (Å²) in [6.45, 7) is 7.65. The lowest BCUT2D eigenvalue weighted by Gasteiger charge is -2.41. The summed E-state index contributed by atoms with van der Waals surface area (Å²) >= 11 is 0. The second-order valence-electron chi connectivity index (χ2n) is 7.43. The minimum Gasteiger partial charge on any atom is -0.481 e. The van der Waals surface area contributed by atoms with Gasteiger partial charge in [-0.1, -0.05) is 26.7 Å². The van der Waals surface area contributed by atoms with E-state index in [-0.39, 0.29) is 0 Å². The summed E-state index contributed by atoms with van der Waals surface area (Å²) in [6, 6.07) is 1.18. The zero-order valence-corrected chi connectivity index (χ0v) is 13.7. The highest BCUT2D eigenvalue weighted by atomic mass is 16.4. The fraction of sp³-hybridized carbons (Fsp3) is 0.941. The molecule has 2 fully saturated rings. The monoisotopic (exact) mass is 296 g/mol. The molecule has 0 spiro atoms. The van der Waals surface area contributed by atoms with E-state index in [1.165, 1.54) is 32.1 Å². The molecular formula is C17H32N2O2. The number of aliphatic carboxylic acids is 1. The normalized spacial score (nSPS) is 28.3. The highest BCUT2D eigenvalue weighted by molar-refractivity contribution is 5.67. The van der Waals surface area contributed by atoms with E-state index in [0.29, 0.717) is 24.4 Å². The fourth-order valence-electron chi connectivity index (χ4n) is 3.93. The predicted molar refractivity (Wildman–Crippen MR) is 85.4 cm³/mol. The van der Waals surface area contributed by atoms with Crippen molar-refractivity contribution in [1.82, 2.24) is 10.2 Å². The summed E-state index contributed by atoms with van der Waals surface area (Å²) in [5, 5.41) is 12.8. The first-order chi connectivity index (χ1) is 10.0. The molecule has 0 amide bonds. The van der Waals surface area contributed by atoms with Gasteiger partial charge in [-0.25, -0.2) is 0 Å². The first-order valence-corrected chi connectivity index (χ1v) is 8.73. The molecule has 1 aliphatic carbocycles. The van der Waals surface area contributed by atoms with Crippen LogP contribution < -0.4 is 5.32 Å². The molecule has 2 unspecified atom stereocenters. The molecule has 2 rings (SSSR count). The Hall–Kier alpha value is -0.610. The molecule has 0 bridgehead atoms. The van der Waals surface area contributed by atoms with Crippen molar-refractivity contribution in [2.45, 2.75) is 70.9 Å². The van der Waals surface area contributed by atoms with Gasteiger partial charge in [-0.05, 0) is 44.1 Å². The molecule has 0 aromatic heterocycles. The van der Waals surface area contributed by atoms with Gasteiger partial charge < -0.3 is 10.4 Å². The van der Waals surface area contributed by atoms with Gasteiger partial charge in [0, 0.05) is 31.6 Å². The zero-order valence-electron chi connectivity index (χ0n) is 13.7. The maximum atomic E-state index is 11.1. The van der Waals surface area contributed by atoms with E-state index in [4.69, 9.17) is 5.11 Å². The van der Waals surface area contributed by atoms with Crippen molar-refractivity contribution in [1.29, 1.82) is 0 Å². The molecule has 4 heteroatoms. The topological polar surface area (TPSA) is 52.6 Å². The van der Waals surface area contributed by atoms with Crippen LogP contribution in [0.15, 0.2) is 0 Å². The van der Waals surface area contributed by atoms with Gasteiger partial charge in [-0.15, -0.1) is 0 Å². The van der Waals surface area contributed by atoms with Crippen molar-refractivity contribution in [3.63, 3.8) is 0 Å². The van der Waals surface area contributed by atoms with E-state index in [2.05, 4.69) is 24.1 Å². The highest BCUT2D eigenvalue weighted by Gasteiger charge is 2.33. The number of hydrogen-bond acceptors (Lipinski definition) is 3. The minimum atomic E-state index is -0.644. The summed E-state index contributed by atoms with van der Waals surface area (Å²) < 4.78 is 0. The van der Waals surface area contributed by atoms with E-state index in [0.717, 1.165) is 32.0 Å². The summed E-state index contributed by atoms with van der Waals surface area (Å²) in [6.07, 6.45) is 7.84. The first-order valence-electron chi connectivity index (χ1n) is 8.73. The number of piperidine rings is 1. The second-order valence-corrected chi connectivity index (χ2v) is 7.43. The third-order valence-corrected chi connectivity index (χ3v) is 5.02. The van der Waals surface area contributed by atoms with Gasteiger partial charge in [-0.2, -0.15) is 0 Å². The van der Waals surface area contributed by atoms with Gasteiger partial charge >= 0.3 is 5.97 Å². The Morgan fingerprint density at radius 1 is 1.29 bits per heavy atom. The van der Waals surface area contributed by atoms with Crippen LogP contribution in [0.4, 0.5) is 0 Å². The van der Waals surface area contributed by atoms with Crippen LogP contribution >= 0.6 is 0 Å². The van der Waals surface area contributed by atoms with E-state index >= 15 is 0 Å². The molecule has 0 aromatic rings. The molecule has 1 saturated heterocycles. The Labute approximate surface area is 129 Å². The average molecular weight is 296 g/mol. The molecule has 0 aromatic carbocycles. The number of nitrogens with one attached hydrogen (secondary N) is 1. The lowest BCUT2D eigenvalue weighted by atomic mass is 9.90. The Morgan fingerprint density at radius 2 is 2.00 bits per heavy atom. The van der Waals surface area contributed by atoms with Gasteiger partial charge in [0.25, 0.3) is 0 Å². The number of carboxylic acids is 1. The molecule has 2 atom stereocenters. The third-order valence-electron chi connectivity index (χ3n) is 5.02. The van der Waals surface area contributed by atoms with Crippen molar-refractivity contribution >= 4 is 5.97 Å². The maximum absolute atomic E-state index is 11.1. The number of hydrogen-bond donors (Lipinski definition) is 2. The van der Waals surface area contributed by atoms with E-state index in [9.17, 15) is 4.79 Å². The van der Waals surface area contributed by atoms with Crippen LogP contribution in [0.5, 0.6) is 0 Å². The first kappa shape index (κ1) is 16.8. The lowest BCUT2D eigenvalue weighted by Crippen LogP contribution is -2.52. The molecule has 1 saturated carbocycles. The Balaban J connectivity index is 1.87. The summed E-state index contributed by atoms with van der Waals surface area (Å²) in [5.41, 5.74) is 0. The molecule has 21 heavy (non-hydrogen) atoms. The molecule has 2 N–H and O–H groups in total. The van der Waals surface area contributed by atoms with Crippen LogP contribution in [0.2, 0.25) is 0 Å². The van der Waals surface area contributed by atoms with Crippen LogP contribution in [-0.4, -0.2) is 47.7 Å². The maximum Gasteiger partial charge on any atom is 0.303 e. The van der Waals surface area contributed by atoms with Gasteiger partial charge in [0.05, 0.1) is 0 Å². The van der Waals surface area contributed by atoms with Gasteiger partial charge in [0.2, 0.25) is 0 Å². The number of nitrogens with zero attached hydrogens (tertiary/aromatic N) is 1. The standard InChI is InChI=1S/C17H32N2O2/c1-13(2)7-8-18-15-9-14(10-17(20)21)11-19(12-15)16-5-3-4-6-16/h13-16,18H,3-12H2,1-2H3,(H,20,21). The van der Waals surface area contributed by atoms with Gasteiger partial charge in [0.1, 0.15) is 0 Å². The van der Waals surface area contributed by atoms with Crippen LogP contribution in [0.3, 0.4) is 0 Å². The minimum absolute atomic E-state index is 0.313. The largest absolute Gasteiger partial charge is 0.481 e. The highest BCUT2D eigenvalue weighted by Crippen LogP contribution is 2.29. The molecule has 1 heterocycles. The van der Waals surface area contributed by atoms with E-state index in [1.807, 2.05) is 0 Å². The summed E-state index contributed by atoms with van der Waals surface area (Å²) in [7, 11) is 0. The van der Waals surface area contributed by atoms with Gasteiger partial charge in [0.15, 0.2) is 0 Å². The number of likely N-dealkylation sites (tertiary alicyclic amines) is 1. The zero-order chi connectivity index (χ0) is 15.2. The summed E-state index contributed by atoms with van der Waals surface area (Å²) in [4.78, 5) is 13.6. The predicted octanol–water partition coefficient (Wildman–Crippen LogP) is 2.73. The van der Waals surface area contributed by atoms with Crippen LogP contribution in [0.25, 0.3) is 0 Å². The average Bonchev–Trinajstić information content (AvgIpc) is 2.91. The molecule has 122 valence electrons. The fourth-order valence-corrected chi connectivity index (χ4v) is 3.93. The third kappa shape index (κ3) is 5.59. The van der Waals surface area contributed by atoms with Crippen LogP contribution in [0, 0.1) is 11.8 Å². The Kier molecular flexibility index (Phi) is 6.49. The smallest absolute Gasteiger partial charge is 0.303 e.